The fourth-order valence-electron chi connectivity index (χ4n) is 3.87. The van der Waals surface area contributed by atoms with Gasteiger partial charge in [-0.3, -0.25) is 0 Å². The number of phenolic OH excluding ortho intramolecular Hbond substituents is 2. The molecule has 1 aliphatic rings. The molecule has 3 N–H and O–H groups in total. The van der Waals surface area contributed by atoms with E-state index in [0.717, 1.165) is 11.1 Å². The maximum absolute atomic E-state index is 10.1. The zero-order chi connectivity index (χ0) is 20.3. The molecule has 1 fully saturated rings. The molecule has 4 atom stereocenters. The standard InChI is InChI=1S/C21H26O7/c1-25-18-8-12(4-6-16(18)23)20(27-3)15-11-28-21(14(15)10-22)13-5-7-17(24)19(9-13)26-2/h4-9,14-15,20-24H,10-11H2,1-3H3/t14-,15-,20+,21+/m0/s1. The average Bonchev–Trinajstić information content (AvgIpc) is 3.13. The Morgan fingerprint density at radius 3 is 2.25 bits per heavy atom. The molecule has 1 saturated heterocycles. The fourth-order valence-corrected chi connectivity index (χ4v) is 3.87. The molecule has 152 valence electrons. The van der Waals surface area contributed by atoms with Crippen LogP contribution in [0.5, 0.6) is 23.0 Å². The van der Waals surface area contributed by atoms with Crippen LogP contribution in [-0.4, -0.2) is 49.9 Å². The van der Waals surface area contributed by atoms with Crippen molar-refractivity contribution in [3.63, 3.8) is 0 Å². The first-order chi connectivity index (χ1) is 13.5. The highest BCUT2D eigenvalue weighted by Gasteiger charge is 2.43. The Morgan fingerprint density at radius 1 is 1.00 bits per heavy atom. The topological polar surface area (TPSA) is 97.6 Å². The molecule has 0 spiro atoms. The largest absolute Gasteiger partial charge is 0.504 e. The van der Waals surface area contributed by atoms with Crippen molar-refractivity contribution in [1.82, 2.24) is 0 Å². The van der Waals surface area contributed by atoms with Crippen LogP contribution in [0.4, 0.5) is 0 Å². The zero-order valence-corrected chi connectivity index (χ0v) is 16.2. The molecule has 0 unspecified atom stereocenters. The highest BCUT2D eigenvalue weighted by molar-refractivity contribution is 5.44. The van der Waals surface area contributed by atoms with Gasteiger partial charge in [0, 0.05) is 25.6 Å². The third kappa shape index (κ3) is 3.73. The minimum absolute atomic E-state index is 0.0484. The number of benzene rings is 2. The van der Waals surface area contributed by atoms with Crippen LogP contribution in [0.3, 0.4) is 0 Å². The van der Waals surface area contributed by atoms with Crippen molar-refractivity contribution in [2.24, 2.45) is 11.8 Å². The molecule has 2 aromatic rings. The van der Waals surface area contributed by atoms with E-state index in [-0.39, 0.29) is 42.1 Å². The fraction of sp³-hybridized carbons (Fsp3) is 0.429. The van der Waals surface area contributed by atoms with E-state index in [0.29, 0.717) is 18.1 Å². The smallest absolute Gasteiger partial charge is 0.160 e. The molecule has 3 rings (SSSR count). The second kappa shape index (κ2) is 8.68. The lowest BCUT2D eigenvalue weighted by molar-refractivity contribution is 0.0242. The molecule has 2 aromatic carbocycles. The number of rotatable bonds is 7. The summed E-state index contributed by atoms with van der Waals surface area (Å²) in [7, 11) is 4.58. The monoisotopic (exact) mass is 390 g/mol. The van der Waals surface area contributed by atoms with Crippen LogP contribution in [0.15, 0.2) is 36.4 Å². The van der Waals surface area contributed by atoms with Crippen molar-refractivity contribution < 1.29 is 34.3 Å². The lowest BCUT2D eigenvalue weighted by Gasteiger charge is -2.28. The Bertz CT molecular complexity index is 807. The first kappa shape index (κ1) is 20.3. The van der Waals surface area contributed by atoms with Gasteiger partial charge in [0.1, 0.15) is 0 Å². The summed E-state index contributed by atoms with van der Waals surface area (Å²) < 4.78 is 22.2. The van der Waals surface area contributed by atoms with Gasteiger partial charge in [0.15, 0.2) is 23.0 Å². The van der Waals surface area contributed by atoms with Gasteiger partial charge >= 0.3 is 0 Å². The van der Waals surface area contributed by atoms with Crippen LogP contribution in [-0.2, 0) is 9.47 Å². The minimum atomic E-state index is -0.360. The van der Waals surface area contributed by atoms with Gasteiger partial charge in [-0.1, -0.05) is 12.1 Å². The van der Waals surface area contributed by atoms with Crippen molar-refractivity contribution in [3.8, 4) is 23.0 Å². The van der Waals surface area contributed by atoms with Crippen LogP contribution in [0.25, 0.3) is 0 Å². The molecule has 0 saturated carbocycles. The Morgan fingerprint density at radius 2 is 1.64 bits per heavy atom. The van der Waals surface area contributed by atoms with Gasteiger partial charge < -0.3 is 34.3 Å². The van der Waals surface area contributed by atoms with Gasteiger partial charge in [0.05, 0.1) is 33.0 Å². The number of phenols is 2. The molecule has 0 aliphatic carbocycles. The van der Waals surface area contributed by atoms with E-state index in [1.165, 1.54) is 14.2 Å². The number of hydrogen-bond donors (Lipinski definition) is 3. The average molecular weight is 390 g/mol. The van der Waals surface area contributed by atoms with Crippen LogP contribution in [0, 0.1) is 11.8 Å². The van der Waals surface area contributed by atoms with Crippen LogP contribution in [0.2, 0.25) is 0 Å². The lowest BCUT2D eigenvalue weighted by atomic mass is 9.82. The van der Waals surface area contributed by atoms with Crippen molar-refractivity contribution in [1.29, 1.82) is 0 Å². The summed E-state index contributed by atoms with van der Waals surface area (Å²) in [4.78, 5) is 0. The molecule has 0 bridgehead atoms. The Balaban J connectivity index is 1.90. The van der Waals surface area contributed by atoms with Gasteiger partial charge in [-0.2, -0.15) is 0 Å². The minimum Gasteiger partial charge on any atom is -0.504 e. The highest BCUT2D eigenvalue weighted by atomic mass is 16.5. The number of hydrogen-bond acceptors (Lipinski definition) is 7. The van der Waals surface area contributed by atoms with E-state index in [1.807, 2.05) is 0 Å². The van der Waals surface area contributed by atoms with Crippen molar-refractivity contribution in [2.45, 2.75) is 12.2 Å². The van der Waals surface area contributed by atoms with Crippen molar-refractivity contribution >= 4 is 0 Å². The molecule has 0 aromatic heterocycles. The van der Waals surface area contributed by atoms with E-state index in [2.05, 4.69) is 0 Å². The quantitative estimate of drug-likeness (QED) is 0.669. The highest BCUT2D eigenvalue weighted by Crippen LogP contribution is 2.46. The Hall–Kier alpha value is -2.48. The van der Waals surface area contributed by atoms with Crippen LogP contribution < -0.4 is 9.47 Å². The van der Waals surface area contributed by atoms with Crippen LogP contribution in [0.1, 0.15) is 23.3 Å². The molecule has 7 heteroatoms. The van der Waals surface area contributed by atoms with Crippen molar-refractivity contribution in [2.75, 3.05) is 34.5 Å². The third-order valence-electron chi connectivity index (χ3n) is 5.33. The summed E-state index contributed by atoms with van der Waals surface area (Å²) >= 11 is 0. The molecular formula is C21H26O7. The normalized spacial score (nSPS) is 22.8. The van der Waals surface area contributed by atoms with E-state index in [1.54, 1.807) is 43.5 Å². The summed E-state index contributed by atoms with van der Waals surface area (Å²) in [6.45, 7) is 0.300. The molecule has 28 heavy (non-hydrogen) atoms. The van der Waals surface area contributed by atoms with E-state index < -0.39 is 0 Å². The maximum Gasteiger partial charge on any atom is 0.160 e. The molecule has 7 nitrogen and oxygen atoms in total. The number of methoxy groups -OCH3 is 3. The number of aliphatic hydroxyl groups excluding tert-OH is 1. The molecule has 0 radical (unpaired) electrons. The summed E-state index contributed by atoms with van der Waals surface area (Å²) in [6, 6.07) is 10.1. The first-order valence-electron chi connectivity index (χ1n) is 9.03. The van der Waals surface area contributed by atoms with Gasteiger partial charge in [-0.15, -0.1) is 0 Å². The lowest BCUT2D eigenvalue weighted by Crippen LogP contribution is -2.26. The zero-order valence-electron chi connectivity index (χ0n) is 16.2. The molecule has 0 amide bonds. The van der Waals surface area contributed by atoms with E-state index in [9.17, 15) is 15.3 Å². The third-order valence-corrected chi connectivity index (χ3v) is 5.33. The van der Waals surface area contributed by atoms with Crippen LogP contribution >= 0.6 is 0 Å². The van der Waals surface area contributed by atoms with Gasteiger partial charge in [-0.05, 0) is 35.4 Å². The van der Waals surface area contributed by atoms with Gasteiger partial charge in [-0.25, -0.2) is 0 Å². The Labute approximate surface area is 164 Å². The number of ether oxygens (including phenoxy) is 4. The molecular weight excluding hydrogens is 364 g/mol. The summed E-state index contributed by atoms with van der Waals surface area (Å²) in [5.74, 6) is 0.475. The van der Waals surface area contributed by atoms with Gasteiger partial charge in [0.25, 0.3) is 0 Å². The van der Waals surface area contributed by atoms with E-state index >= 15 is 0 Å². The predicted molar refractivity (Wildman–Crippen MR) is 102 cm³/mol. The summed E-state index contributed by atoms with van der Waals surface area (Å²) in [5, 5.41) is 29.8. The number of aromatic hydroxyl groups is 2. The first-order valence-corrected chi connectivity index (χ1v) is 9.03. The maximum atomic E-state index is 10.1. The predicted octanol–water partition coefficient (Wildman–Crippen LogP) is 2.80. The molecule has 1 aliphatic heterocycles. The second-order valence-electron chi connectivity index (χ2n) is 6.78. The van der Waals surface area contributed by atoms with E-state index in [4.69, 9.17) is 18.9 Å². The van der Waals surface area contributed by atoms with Crippen molar-refractivity contribution in [3.05, 3.63) is 47.5 Å². The second-order valence-corrected chi connectivity index (χ2v) is 6.78. The molecule has 1 heterocycles. The summed E-state index contributed by atoms with van der Waals surface area (Å²) in [6.07, 6.45) is -0.711. The van der Waals surface area contributed by atoms with Gasteiger partial charge in [0.2, 0.25) is 0 Å². The Kier molecular flexibility index (Phi) is 6.28. The number of aliphatic hydroxyl groups is 1. The summed E-state index contributed by atoms with van der Waals surface area (Å²) in [5.41, 5.74) is 1.64. The SMILES string of the molecule is COc1cc([C@@H](OC)[C@H]2CO[C@H](c3ccc(O)c(OC)c3)[C@H]2CO)ccc1O.